The fraction of sp³-hybridized carbons (Fsp3) is 1.00. The molecule has 12 heavy (non-hydrogen) atoms. The van der Waals surface area contributed by atoms with Crippen LogP contribution in [0.2, 0.25) is 12.1 Å². The second kappa shape index (κ2) is 10.5. The summed E-state index contributed by atoms with van der Waals surface area (Å²) in [6, 6.07) is 2.22. The summed E-state index contributed by atoms with van der Waals surface area (Å²) in [7, 11) is 8.39. The standard InChI is InChI=1S/C6H16N2Si.2ClH.Pt/c1-3-9(4-2,5-7)6-8;;;/h7-8H,3-6H2,1-2H3;2*1H;/q-2;;;+4/p-2. The van der Waals surface area contributed by atoms with Gasteiger partial charge >= 0.3 is 35.3 Å². The van der Waals surface area contributed by atoms with Gasteiger partial charge in [-0.15, -0.1) is 0 Å². The van der Waals surface area contributed by atoms with E-state index in [1.807, 2.05) is 0 Å². The van der Waals surface area contributed by atoms with Crippen molar-refractivity contribution in [1.29, 1.82) is 0 Å². The summed E-state index contributed by atoms with van der Waals surface area (Å²) in [6.45, 7) is 4.25. The van der Waals surface area contributed by atoms with Gasteiger partial charge in [0.05, 0.1) is 0 Å². The van der Waals surface area contributed by atoms with Crippen molar-refractivity contribution in [2.24, 2.45) is 0 Å². The fourth-order valence-electron chi connectivity index (χ4n) is 0.812. The minimum atomic E-state index is -1.36. The van der Waals surface area contributed by atoms with Gasteiger partial charge in [-0.25, -0.2) is 0 Å². The van der Waals surface area contributed by atoms with Crippen LogP contribution in [0.25, 0.3) is 11.5 Å². The fourth-order valence-corrected chi connectivity index (χ4v) is 2.44. The Morgan fingerprint density at radius 3 is 1.33 bits per heavy atom. The first-order valence-corrected chi connectivity index (χ1v) is 12.2. The number of hydrogen-bond acceptors (Lipinski definition) is 0. The molecule has 0 amide bonds. The number of nitrogens with one attached hydrogen (secondary N) is 2. The van der Waals surface area contributed by atoms with Gasteiger partial charge in [-0.2, -0.15) is 12.3 Å². The van der Waals surface area contributed by atoms with Crippen LogP contribution in [-0.2, 0) is 16.5 Å². The van der Waals surface area contributed by atoms with Gasteiger partial charge in [0.25, 0.3) is 0 Å². The van der Waals surface area contributed by atoms with Crippen molar-refractivity contribution >= 4 is 26.9 Å². The monoisotopic (exact) mass is 409 g/mol. The third-order valence-corrected chi connectivity index (χ3v) is 6.75. The van der Waals surface area contributed by atoms with Crippen LogP contribution < -0.4 is 0 Å². The maximum atomic E-state index is 7.25. The molecule has 0 radical (unpaired) electrons. The van der Waals surface area contributed by atoms with E-state index in [1.165, 1.54) is 0 Å². The van der Waals surface area contributed by atoms with E-state index in [9.17, 15) is 0 Å². The summed E-state index contributed by atoms with van der Waals surface area (Å²) in [5, 5.41) is 0. The molecule has 0 fully saturated rings. The Kier molecular flexibility index (Phi) is 13.9. The van der Waals surface area contributed by atoms with E-state index in [-0.39, 0.29) is 0 Å². The molecule has 0 unspecified atom stereocenters. The van der Waals surface area contributed by atoms with Gasteiger partial charge in [0.1, 0.15) is 0 Å². The molecule has 2 nitrogen and oxygen atoms in total. The molecule has 0 bridgehead atoms. The van der Waals surface area contributed by atoms with Crippen LogP contribution in [0.4, 0.5) is 0 Å². The Morgan fingerprint density at radius 2 is 1.33 bits per heavy atom. The molecule has 0 aromatic carbocycles. The summed E-state index contributed by atoms with van der Waals surface area (Å²) in [4.78, 5) is 0. The first-order chi connectivity index (χ1) is 5.66. The predicted octanol–water partition coefficient (Wildman–Crippen LogP) is 4.03. The van der Waals surface area contributed by atoms with Crippen LogP contribution in [-0.4, -0.2) is 20.4 Å². The molecule has 78 valence electrons. The Bertz CT molecular complexity index is 76.1. The van der Waals surface area contributed by atoms with Gasteiger partial charge in [-0.05, 0) is 0 Å². The average Bonchev–Trinajstić information content (AvgIpc) is 2.11. The van der Waals surface area contributed by atoms with Gasteiger partial charge in [0.2, 0.25) is 0 Å². The van der Waals surface area contributed by atoms with Crippen molar-refractivity contribution < 1.29 is 16.5 Å². The van der Waals surface area contributed by atoms with Crippen molar-refractivity contribution in [2.75, 3.05) is 12.3 Å². The maximum absolute atomic E-state index is 7.25. The van der Waals surface area contributed by atoms with Crippen LogP contribution in [0.15, 0.2) is 0 Å². The van der Waals surface area contributed by atoms with E-state index in [1.54, 1.807) is 0 Å². The van der Waals surface area contributed by atoms with Crippen LogP contribution >= 0.6 is 18.8 Å². The molecule has 0 aliphatic rings. The number of halogens is 2. The molecule has 0 rings (SSSR count). The zero-order chi connectivity index (χ0) is 10.0. The van der Waals surface area contributed by atoms with E-state index >= 15 is 0 Å². The molecular formula is C6H16Cl2N2PtSi. The van der Waals surface area contributed by atoms with Gasteiger partial charge in [0, 0.05) is 8.07 Å². The zero-order valence-corrected chi connectivity index (χ0v) is 12.2. The number of hydrogen-bond donors (Lipinski definition) is 0. The minimum absolute atomic E-state index is 0.472. The summed E-state index contributed by atoms with van der Waals surface area (Å²) in [6.07, 6.45) is 1.09. The molecule has 0 aromatic heterocycles. The summed E-state index contributed by atoms with van der Waals surface area (Å²) >= 11 is -0.472. The average molecular weight is 410 g/mol. The van der Waals surface area contributed by atoms with Crippen LogP contribution in [0.5, 0.6) is 0 Å². The molecule has 0 saturated heterocycles. The molecule has 0 heterocycles. The van der Waals surface area contributed by atoms with E-state index in [0.717, 1.165) is 12.1 Å². The van der Waals surface area contributed by atoms with Crippen molar-refractivity contribution in [1.82, 2.24) is 0 Å². The van der Waals surface area contributed by atoms with E-state index in [2.05, 4.69) is 13.8 Å². The van der Waals surface area contributed by atoms with Crippen molar-refractivity contribution in [3.8, 4) is 0 Å². The quantitative estimate of drug-likeness (QED) is 0.629. The van der Waals surface area contributed by atoms with Crippen molar-refractivity contribution in [3.05, 3.63) is 11.5 Å². The van der Waals surface area contributed by atoms with Crippen LogP contribution in [0, 0.1) is 0 Å². The third kappa shape index (κ3) is 6.87. The van der Waals surface area contributed by atoms with Gasteiger partial charge in [-0.1, -0.05) is 25.9 Å². The predicted molar refractivity (Wildman–Crippen MR) is 56.8 cm³/mol. The molecule has 0 aliphatic heterocycles. The number of rotatable bonds is 4. The molecule has 0 aliphatic carbocycles. The molecular weight excluding hydrogens is 394 g/mol. The van der Waals surface area contributed by atoms with E-state index < -0.39 is 24.6 Å². The molecule has 6 heteroatoms. The Hall–Kier alpha value is 1.41. The van der Waals surface area contributed by atoms with E-state index in [0.29, 0.717) is 12.3 Å². The second-order valence-electron chi connectivity index (χ2n) is 2.61. The van der Waals surface area contributed by atoms with E-state index in [4.69, 9.17) is 30.3 Å². The molecule has 0 atom stereocenters. The van der Waals surface area contributed by atoms with Gasteiger partial charge in [-0.3, -0.25) is 0 Å². The summed E-state index contributed by atoms with van der Waals surface area (Å²) < 4.78 is 0. The first-order valence-electron chi connectivity index (χ1n) is 3.77. The molecule has 0 aromatic rings. The molecule has 0 saturated carbocycles. The normalized spacial score (nSPS) is 10.8. The van der Waals surface area contributed by atoms with Gasteiger partial charge in [0.15, 0.2) is 0 Å². The zero-order valence-electron chi connectivity index (χ0n) is 7.40. The Balaban J connectivity index is 0. The van der Waals surface area contributed by atoms with Gasteiger partial charge < -0.3 is 11.5 Å². The Morgan fingerprint density at radius 1 is 1.08 bits per heavy atom. The summed E-state index contributed by atoms with van der Waals surface area (Å²) in [5.74, 6) is 0. The van der Waals surface area contributed by atoms with Crippen LogP contribution in [0.1, 0.15) is 13.8 Å². The Labute approximate surface area is 92.8 Å². The molecule has 0 spiro atoms. The van der Waals surface area contributed by atoms with Crippen molar-refractivity contribution in [2.45, 2.75) is 25.9 Å². The second-order valence-corrected chi connectivity index (χ2v) is 11.0. The molecule has 2 N–H and O–H groups in total. The topological polar surface area (TPSA) is 47.6 Å². The van der Waals surface area contributed by atoms with Crippen LogP contribution in [0.3, 0.4) is 0 Å². The SMILES string of the molecule is CC[Si](CC)(C[NH-])C[NH-].[Cl][Pt+2][Cl]. The first kappa shape index (κ1) is 15.9. The van der Waals surface area contributed by atoms with Crippen molar-refractivity contribution in [3.63, 3.8) is 0 Å². The third-order valence-electron chi connectivity index (χ3n) is 2.25. The summed E-state index contributed by atoms with van der Waals surface area (Å²) in [5.41, 5.74) is 14.5.